The van der Waals surface area contributed by atoms with Crippen molar-refractivity contribution in [2.75, 3.05) is 13.0 Å². The Morgan fingerprint density at radius 3 is 3.31 bits per heavy atom. The number of carbonyl (C=O) groups excluding carboxylic acids is 1. The van der Waals surface area contributed by atoms with Gasteiger partial charge in [-0.25, -0.2) is 4.79 Å². The third-order valence-corrected chi connectivity index (χ3v) is 2.43. The van der Waals surface area contributed by atoms with Crippen molar-refractivity contribution < 1.29 is 14.4 Å². The number of hydrogen-bond acceptors (Lipinski definition) is 5. The first-order chi connectivity index (χ1) is 6.27. The van der Waals surface area contributed by atoms with Crippen LogP contribution in [0.2, 0.25) is 0 Å². The van der Waals surface area contributed by atoms with E-state index in [9.17, 15) is 4.79 Å². The van der Waals surface area contributed by atoms with Gasteiger partial charge in [-0.1, -0.05) is 23.8 Å². The SMILES string of the molecule is CCC1OCS/C1=N/OC(=O)NC. The predicted molar refractivity (Wildman–Crippen MR) is 50.6 cm³/mol. The van der Waals surface area contributed by atoms with Gasteiger partial charge >= 0.3 is 6.09 Å². The second kappa shape index (κ2) is 5.08. The third kappa shape index (κ3) is 2.89. The molecule has 1 saturated heterocycles. The quantitative estimate of drug-likeness (QED) is 0.541. The number of nitrogens with zero attached hydrogens (tertiary/aromatic N) is 1. The Kier molecular flexibility index (Phi) is 4.04. The van der Waals surface area contributed by atoms with Gasteiger partial charge in [-0.3, -0.25) is 4.84 Å². The van der Waals surface area contributed by atoms with E-state index in [0.29, 0.717) is 5.94 Å². The monoisotopic (exact) mass is 204 g/mol. The minimum absolute atomic E-state index is 0.0188. The van der Waals surface area contributed by atoms with Crippen molar-refractivity contribution in [1.29, 1.82) is 0 Å². The molecule has 1 atom stereocenters. The van der Waals surface area contributed by atoms with Crippen LogP contribution < -0.4 is 5.32 Å². The van der Waals surface area contributed by atoms with Gasteiger partial charge in [-0.05, 0) is 6.42 Å². The Morgan fingerprint density at radius 1 is 1.92 bits per heavy atom. The zero-order valence-electron chi connectivity index (χ0n) is 7.57. The number of oxime groups is 1. The summed E-state index contributed by atoms with van der Waals surface area (Å²) >= 11 is 1.45. The first-order valence-corrected chi connectivity index (χ1v) is 4.97. The lowest BCUT2D eigenvalue weighted by atomic mass is 10.3. The van der Waals surface area contributed by atoms with Gasteiger partial charge in [0.2, 0.25) is 0 Å². The smallest absolute Gasteiger partial charge is 0.360 e. The second-order valence-electron chi connectivity index (χ2n) is 2.38. The van der Waals surface area contributed by atoms with E-state index in [1.165, 1.54) is 18.8 Å². The van der Waals surface area contributed by atoms with E-state index in [-0.39, 0.29) is 6.10 Å². The molecule has 0 radical (unpaired) electrons. The second-order valence-corrected chi connectivity index (χ2v) is 3.33. The van der Waals surface area contributed by atoms with E-state index in [1.807, 2.05) is 6.92 Å². The van der Waals surface area contributed by atoms with E-state index in [2.05, 4.69) is 15.3 Å². The molecule has 1 rings (SSSR count). The van der Waals surface area contributed by atoms with Crippen molar-refractivity contribution >= 4 is 22.9 Å². The molecule has 0 spiro atoms. The van der Waals surface area contributed by atoms with Crippen LogP contribution in [0.4, 0.5) is 4.79 Å². The summed E-state index contributed by atoms with van der Waals surface area (Å²) in [6.45, 7) is 1.99. The van der Waals surface area contributed by atoms with Gasteiger partial charge in [0.25, 0.3) is 0 Å². The van der Waals surface area contributed by atoms with Crippen LogP contribution in [0.25, 0.3) is 0 Å². The number of hydrogen-bond donors (Lipinski definition) is 1. The fourth-order valence-electron chi connectivity index (χ4n) is 0.850. The van der Waals surface area contributed by atoms with Gasteiger partial charge in [0, 0.05) is 7.05 Å². The fraction of sp³-hybridized carbons (Fsp3) is 0.714. The molecular formula is C7H12N2O3S. The molecule has 0 aromatic heterocycles. The summed E-state index contributed by atoms with van der Waals surface area (Å²) in [5.41, 5.74) is 0. The number of rotatable bonds is 2. The normalized spacial score (nSPS) is 24.8. The van der Waals surface area contributed by atoms with Crippen molar-refractivity contribution in [1.82, 2.24) is 5.32 Å². The number of ether oxygens (including phenoxy) is 1. The third-order valence-electron chi connectivity index (χ3n) is 1.54. The van der Waals surface area contributed by atoms with Crippen molar-refractivity contribution in [2.45, 2.75) is 19.4 Å². The molecule has 0 saturated carbocycles. The zero-order chi connectivity index (χ0) is 9.68. The number of carbonyl (C=O) groups is 1. The molecule has 0 aromatic carbocycles. The zero-order valence-corrected chi connectivity index (χ0v) is 8.39. The van der Waals surface area contributed by atoms with Crippen LogP contribution in [0.5, 0.6) is 0 Å². The summed E-state index contributed by atoms with van der Waals surface area (Å²) in [5.74, 6) is 0.578. The van der Waals surface area contributed by atoms with Gasteiger partial charge in [0.05, 0.1) is 5.94 Å². The van der Waals surface area contributed by atoms with Gasteiger partial charge in [-0.2, -0.15) is 0 Å². The molecule has 1 aliphatic rings. The average Bonchev–Trinajstić information content (AvgIpc) is 2.61. The predicted octanol–water partition coefficient (Wildman–Crippen LogP) is 1.16. The van der Waals surface area contributed by atoms with Crippen molar-refractivity contribution in [3.63, 3.8) is 0 Å². The van der Waals surface area contributed by atoms with Crippen molar-refractivity contribution in [3.05, 3.63) is 0 Å². The van der Waals surface area contributed by atoms with Gasteiger partial charge < -0.3 is 10.1 Å². The lowest BCUT2D eigenvalue weighted by Crippen LogP contribution is -2.19. The molecule has 6 heteroatoms. The summed E-state index contributed by atoms with van der Waals surface area (Å²) < 4.78 is 5.30. The van der Waals surface area contributed by atoms with Crippen LogP contribution >= 0.6 is 11.8 Å². The standard InChI is InChI=1S/C7H12N2O3S/c1-3-5-6(13-4-11-5)9-12-7(10)8-2/h5H,3-4H2,1-2H3,(H,8,10)/b9-6+. The molecule has 1 amide bonds. The Balaban J connectivity index is 2.45. The molecule has 1 aliphatic heterocycles. The van der Waals surface area contributed by atoms with E-state index < -0.39 is 6.09 Å². The molecule has 0 aromatic rings. The Bertz CT molecular complexity index is 220. The Labute approximate surface area is 80.8 Å². The minimum atomic E-state index is -0.560. The van der Waals surface area contributed by atoms with Crippen molar-refractivity contribution in [2.24, 2.45) is 5.16 Å². The number of thioether (sulfide) groups is 1. The maximum atomic E-state index is 10.7. The van der Waals surface area contributed by atoms with E-state index >= 15 is 0 Å². The average molecular weight is 204 g/mol. The van der Waals surface area contributed by atoms with Gasteiger partial charge in [0.15, 0.2) is 0 Å². The lowest BCUT2D eigenvalue weighted by Gasteiger charge is -2.04. The highest BCUT2D eigenvalue weighted by atomic mass is 32.2. The van der Waals surface area contributed by atoms with E-state index in [0.717, 1.165) is 11.5 Å². The molecule has 1 N–H and O–H groups in total. The van der Waals surface area contributed by atoms with Crippen LogP contribution in [0.3, 0.4) is 0 Å². The minimum Gasteiger partial charge on any atom is -0.360 e. The first kappa shape index (κ1) is 10.3. The summed E-state index contributed by atoms with van der Waals surface area (Å²) in [6.07, 6.45) is 0.257. The maximum absolute atomic E-state index is 10.7. The van der Waals surface area contributed by atoms with E-state index in [1.54, 1.807) is 0 Å². The Morgan fingerprint density at radius 2 is 2.69 bits per heavy atom. The molecule has 1 unspecified atom stereocenters. The van der Waals surface area contributed by atoms with Crippen LogP contribution in [-0.4, -0.2) is 30.2 Å². The molecular weight excluding hydrogens is 192 g/mol. The molecule has 0 bridgehead atoms. The molecule has 5 nitrogen and oxygen atoms in total. The van der Waals surface area contributed by atoms with Crippen LogP contribution in [0.1, 0.15) is 13.3 Å². The largest absolute Gasteiger partial charge is 0.433 e. The highest BCUT2D eigenvalue weighted by Crippen LogP contribution is 2.22. The summed E-state index contributed by atoms with van der Waals surface area (Å²) in [7, 11) is 1.48. The topological polar surface area (TPSA) is 59.9 Å². The molecule has 13 heavy (non-hydrogen) atoms. The summed E-state index contributed by atoms with van der Waals surface area (Å²) in [4.78, 5) is 15.2. The molecule has 1 fully saturated rings. The number of nitrogens with one attached hydrogen (secondary N) is 1. The lowest BCUT2D eigenvalue weighted by molar-refractivity contribution is 0.137. The number of amides is 1. The van der Waals surface area contributed by atoms with Crippen molar-refractivity contribution in [3.8, 4) is 0 Å². The highest BCUT2D eigenvalue weighted by molar-refractivity contribution is 8.14. The Hall–Kier alpha value is -0.750. The molecule has 1 heterocycles. The fourth-order valence-corrected chi connectivity index (χ4v) is 1.71. The van der Waals surface area contributed by atoms with Crippen LogP contribution in [-0.2, 0) is 9.57 Å². The molecule has 0 aliphatic carbocycles. The van der Waals surface area contributed by atoms with Crippen LogP contribution in [0.15, 0.2) is 5.16 Å². The van der Waals surface area contributed by atoms with Gasteiger partial charge in [-0.15, -0.1) is 0 Å². The van der Waals surface area contributed by atoms with E-state index in [4.69, 9.17) is 4.74 Å². The highest BCUT2D eigenvalue weighted by Gasteiger charge is 2.23. The summed E-state index contributed by atoms with van der Waals surface area (Å²) in [6, 6.07) is 0. The first-order valence-electron chi connectivity index (χ1n) is 3.99. The van der Waals surface area contributed by atoms with Gasteiger partial charge in [0.1, 0.15) is 11.1 Å². The molecule has 74 valence electrons. The summed E-state index contributed by atoms with van der Waals surface area (Å²) in [5, 5.41) is 6.72. The maximum Gasteiger partial charge on any atom is 0.433 e. The van der Waals surface area contributed by atoms with Crippen LogP contribution in [0, 0.1) is 0 Å².